The van der Waals surface area contributed by atoms with E-state index in [1.165, 1.54) is 33.4 Å². The third kappa shape index (κ3) is 5.99. The van der Waals surface area contributed by atoms with E-state index in [0.717, 1.165) is 19.5 Å². The first-order chi connectivity index (χ1) is 15.2. The molecule has 0 N–H and O–H groups in total. The second-order valence-electron chi connectivity index (χ2n) is 7.55. The van der Waals surface area contributed by atoms with Crippen molar-refractivity contribution in [3.8, 4) is 22.3 Å². The molecule has 0 aliphatic rings. The molecule has 0 spiro atoms. The van der Waals surface area contributed by atoms with Crippen molar-refractivity contribution in [1.82, 2.24) is 0 Å². The summed E-state index contributed by atoms with van der Waals surface area (Å²) in [7, 11) is 0. The molecule has 2 heteroatoms. The Bertz CT molecular complexity index is 1070. The van der Waals surface area contributed by atoms with E-state index >= 15 is 0 Å². The fourth-order valence-corrected chi connectivity index (χ4v) is 3.54. The maximum absolute atomic E-state index is 3.91. The van der Waals surface area contributed by atoms with E-state index in [4.69, 9.17) is 0 Å². The second-order valence-corrected chi connectivity index (χ2v) is 7.55. The Labute approximate surface area is 186 Å². The summed E-state index contributed by atoms with van der Waals surface area (Å²) in [4.78, 5) is 0. The third-order valence-electron chi connectivity index (χ3n) is 5.43. The number of allylic oxidation sites excluding steroid dienone is 6. The first kappa shape index (κ1) is 22.2. The minimum atomic E-state index is 0.843. The maximum atomic E-state index is 3.91. The molecule has 0 unspecified atom stereocenters. The minimum absolute atomic E-state index is 0.843. The lowest BCUT2D eigenvalue weighted by atomic mass is 10.0. The largest absolute Gasteiger partial charge is 0.201 e. The van der Waals surface area contributed by atoms with Gasteiger partial charge in [0.05, 0.1) is 0 Å². The molecule has 156 valence electrons. The van der Waals surface area contributed by atoms with Crippen molar-refractivity contribution in [2.24, 2.45) is 0 Å². The normalized spacial score (nSPS) is 11.9. The average molecular weight is 409 g/mol. The van der Waals surface area contributed by atoms with Crippen LogP contribution in [0.2, 0.25) is 0 Å². The van der Waals surface area contributed by atoms with Crippen LogP contribution in [0.3, 0.4) is 0 Å². The van der Waals surface area contributed by atoms with Gasteiger partial charge in [0.1, 0.15) is 0 Å². The number of nitrogens with zero attached hydrogens (tertiary/aromatic N) is 2. The lowest BCUT2D eigenvalue weighted by Gasteiger charge is -2.05. The van der Waals surface area contributed by atoms with E-state index < -0.39 is 0 Å². The van der Waals surface area contributed by atoms with Crippen LogP contribution in [-0.4, -0.2) is 0 Å². The molecule has 0 aliphatic heterocycles. The van der Waals surface area contributed by atoms with Crippen molar-refractivity contribution >= 4 is 0 Å². The van der Waals surface area contributed by atoms with Gasteiger partial charge in [-0.1, -0.05) is 68.7 Å². The molecule has 0 saturated carbocycles. The smallest absolute Gasteiger partial charge is 0.173 e. The summed E-state index contributed by atoms with van der Waals surface area (Å²) in [5.41, 5.74) is 7.34. The first-order valence-electron chi connectivity index (χ1n) is 10.8. The predicted octanol–water partition coefficient (Wildman–Crippen LogP) is 6.25. The van der Waals surface area contributed by atoms with E-state index in [1.54, 1.807) is 0 Å². The molecule has 2 aromatic heterocycles. The molecule has 2 heterocycles. The molecule has 0 bridgehead atoms. The van der Waals surface area contributed by atoms with Gasteiger partial charge in [-0.3, -0.25) is 0 Å². The maximum Gasteiger partial charge on any atom is 0.173 e. The van der Waals surface area contributed by atoms with Gasteiger partial charge in [0.2, 0.25) is 0 Å². The van der Waals surface area contributed by atoms with Crippen molar-refractivity contribution in [3.63, 3.8) is 0 Å². The molecule has 1 aromatic carbocycles. The lowest BCUT2D eigenvalue weighted by molar-refractivity contribution is -0.688. The molecule has 0 atom stereocenters. The fraction of sp³-hybridized carbons (Fsp3) is 0.172. The molecule has 3 aromatic rings. The summed E-state index contributed by atoms with van der Waals surface area (Å²) < 4.78 is 4.35. The zero-order valence-electron chi connectivity index (χ0n) is 18.7. The molecular weight excluding hydrogens is 376 g/mol. The van der Waals surface area contributed by atoms with Crippen LogP contribution in [0.5, 0.6) is 0 Å². The van der Waals surface area contributed by atoms with E-state index in [1.807, 2.05) is 19.1 Å². The fourth-order valence-electron chi connectivity index (χ4n) is 3.54. The van der Waals surface area contributed by atoms with Crippen molar-refractivity contribution < 1.29 is 9.13 Å². The van der Waals surface area contributed by atoms with Crippen molar-refractivity contribution in [2.45, 2.75) is 33.4 Å². The van der Waals surface area contributed by atoms with E-state index in [9.17, 15) is 0 Å². The zero-order valence-corrected chi connectivity index (χ0v) is 18.7. The number of hydrogen-bond acceptors (Lipinski definition) is 0. The standard InChI is InChI=1S/C29H32N2/c1-5-9-25(8-4)23-31-20-16-29(17-21-31)27-12-10-26(11-13-27)28-14-18-30(19-15-28)22-24(6-2)7-3/h6-21H,2,4-5,22-23H2,1,3H3/q+2. The summed E-state index contributed by atoms with van der Waals surface area (Å²) in [6, 6.07) is 17.4. The van der Waals surface area contributed by atoms with Crippen LogP contribution in [0.4, 0.5) is 0 Å². The van der Waals surface area contributed by atoms with Crippen LogP contribution in [0, 0.1) is 0 Å². The van der Waals surface area contributed by atoms with Crippen LogP contribution in [0.15, 0.2) is 122 Å². The van der Waals surface area contributed by atoms with Crippen LogP contribution in [-0.2, 0) is 13.1 Å². The van der Waals surface area contributed by atoms with Crippen LogP contribution in [0.25, 0.3) is 22.3 Å². The van der Waals surface area contributed by atoms with Gasteiger partial charge in [-0.25, -0.2) is 9.13 Å². The average Bonchev–Trinajstić information content (AvgIpc) is 2.83. The molecule has 2 nitrogen and oxygen atoms in total. The van der Waals surface area contributed by atoms with Gasteiger partial charge in [-0.2, -0.15) is 0 Å². The predicted molar refractivity (Wildman–Crippen MR) is 130 cm³/mol. The topological polar surface area (TPSA) is 7.76 Å². The highest BCUT2D eigenvalue weighted by atomic mass is 14.9. The van der Waals surface area contributed by atoms with E-state index in [2.05, 4.69) is 115 Å². The molecule has 0 fully saturated rings. The van der Waals surface area contributed by atoms with Gasteiger partial charge in [0.25, 0.3) is 0 Å². The molecule has 0 saturated heterocycles. The van der Waals surface area contributed by atoms with Crippen LogP contribution >= 0.6 is 0 Å². The Balaban J connectivity index is 1.70. The summed E-state index contributed by atoms with van der Waals surface area (Å²) in [6.45, 7) is 13.7. The minimum Gasteiger partial charge on any atom is -0.201 e. The molecule has 0 radical (unpaired) electrons. The number of hydrogen-bond donors (Lipinski definition) is 0. The van der Waals surface area contributed by atoms with E-state index in [-0.39, 0.29) is 0 Å². The number of aromatic nitrogens is 2. The van der Waals surface area contributed by atoms with Crippen molar-refractivity contribution in [2.75, 3.05) is 0 Å². The van der Waals surface area contributed by atoms with Gasteiger partial charge < -0.3 is 0 Å². The van der Waals surface area contributed by atoms with Crippen molar-refractivity contribution in [1.29, 1.82) is 0 Å². The Morgan fingerprint density at radius 1 is 0.677 bits per heavy atom. The van der Waals surface area contributed by atoms with Crippen LogP contribution < -0.4 is 9.13 Å². The summed E-state index contributed by atoms with van der Waals surface area (Å²) in [5.74, 6) is 0. The summed E-state index contributed by atoms with van der Waals surface area (Å²) in [5, 5.41) is 0. The molecule has 3 rings (SSSR count). The third-order valence-corrected chi connectivity index (χ3v) is 5.43. The Hall–Kier alpha value is -3.52. The van der Waals surface area contributed by atoms with Crippen LogP contribution in [0.1, 0.15) is 20.3 Å². The van der Waals surface area contributed by atoms with Gasteiger partial charge in [0, 0.05) is 35.4 Å². The Morgan fingerprint density at radius 3 is 1.42 bits per heavy atom. The Morgan fingerprint density at radius 2 is 1.06 bits per heavy atom. The number of pyridine rings is 2. The number of rotatable bonds is 9. The molecule has 0 amide bonds. The zero-order chi connectivity index (χ0) is 22.1. The highest BCUT2D eigenvalue weighted by Crippen LogP contribution is 2.23. The monoisotopic (exact) mass is 408 g/mol. The first-order valence-corrected chi connectivity index (χ1v) is 10.8. The Kier molecular flexibility index (Phi) is 7.89. The van der Waals surface area contributed by atoms with Gasteiger partial charge in [0.15, 0.2) is 37.9 Å². The van der Waals surface area contributed by atoms with Crippen molar-refractivity contribution in [3.05, 3.63) is 122 Å². The SMILES string of the molecule is C=CC(=CC)C[n+]1ccc(-c2ccc(-c3cc[n+](CC(C=C)=CCC)cc3)cc2)cc1. The summed E-state index contributed by atoms with van der Waals surface area (Å²) in [6.07, 6.45) is 17.7. The lowest BCUT2D eigenvalue weighted by Crippen LogP contribution is -2.33. The van der Waals surface area contributed by atoms with Gasteiger partial charge in [-0.05, 0) is 35.6 Å². The molecule has 0 aliphatic carbocycles. The molecular formula is C29H32N2+2. The quantitative estimate of drug-likeness (QED) is 0.292. The highest BCUT2D eigenvalue weighted by Gasteiger charge is 2.07. The molecule has 31 heavy (non-hydrogen) atoms. The highest BCUT2D eigenvalue weighted by molar-refractivity contribution is 5.69. The van der Waals surface area contributed by atoms with E-state index in [0.29, 0.717) is 0 Å². The van der Waals surface area contributed by atoms with Gasteiger partial charge >= 0.3 is 0 Å². The van der Waals surface area contributed by atoms with Gasteiger partial charge in [-0.15, -0.1) is 0 Å². The summed E-state index contributed by atoms with van der Waals surface area (Å²) >= 11 is 0. The second kappa shape index (κ2) is 11.0. The number of benzene rings is 1.